The van der Waals surface area contributed by atoms with Crippen molar-refractivity contribution in [1.29, 1.82) is 0 Å². The summed E-state index contributed by atoms with van der Waals surface area (Å²) in [5.74, 6) is 0.500. The lowest BCUT2D eigenvalue weighted by Crippen LogP contribution is -2.04. The lowest BCUT2D eigenvalue weighted by atomic mass is 10.0. The average Bonchev–Trinajstić information content (AvgIpc) is 2.01. The van der Waals surface area contributed by atoms with Crippen LogP contribution < -0.4 is 0 Å². The second kappa shape index (κ2) is 6.65. The Balaban J connectivity index is 3.29. The molecule has 0 saturated heterocycles. The third kappa shape index (κ3) is 6.35. The van der Waals surface area contributed by atoms with Crippen molar-refractivity contribution in [2.75, 3.05) is 12.4 Å². The second-order valence-corrected chi connectivity index (χ2v) is 3.49. The first kappa shape index (κ1) is 11.0. The number of carbonyl (C=O) groups excluding carboxylic acids is 1. The van der Waals surface area contributed by atoms with Crippen LogP contribution in [-0.4, -0.2) is 18.4 Å². The number of hydrogen-bond donors (Lipinski definition) is 0. The van der Waals surface area contributed by atoms with Gasteiger partial charge < -0.3 is 4.74 Å². The van der Waals surface area contributed by atoms with Crippen LogP contribution in [0.4, 0.5) is 0 Å². The molecule has 0 aliphatic carbocycles. The lowest BCUT2D eigenvalue weighted by molar-refractivity contribution is -0.140. The molecule has 0 bridgehead atoms. The first-order valence-electron chi connectivity index (χ1n) is 3.83. The summed E-state index contributed by atoms with van der Waals surface area (Å²) in [7, 11) is 1.43. The Bertz CT molecular complexity index is 115. The summed E-state index contributed by atoms with van der Waals surface area (Å²) in [5.41, 5.74) is 0. The maximum atomic E-state index is 10.7. The van der Waals surface area contributed by atoms with Crippen LogP contribution in [0.1, 0.15) is 26.2 Å². The van der Waals surface area contributed by atoms with E-state index in [1.807, 2.05) is 0 Å². The first-order chi connectivity index (χ1) is 5.20. The molecule has 0 fully saturated rings. The van der Waals surface area contributed by atoms with E-state index in [2.05, 4.69) is 27.6 Å². The molecule has 3 heteroatoms. The van der Waals surface area contributed by atoms with E-state index in [1.165, 1.54) is 7.11 Å². The number of alkyl halides is 1. The van der Waals surface area contributed by atoms with E-state index in [0.29, 0.717) is 12.3 Å². The zero-order valence-corrected chi connectivity index (χ0v) is 8.69. The highest BCUT2D eigenvalue weighted by atomic mass is 79.9. The van der Waals surface area contributed by atoms with E-state index in [1.54, 1.807) is 0 Å². The van der Waals surface area contributed by atoms with Gasteiger partial charge in [-0.3, -0.25) is 4.79 Å². The molecule has 0 aromatic carbocycles. The van der Waals surface area contributed by atoms with Gasteiger partial charge in [-0.2, -0.15) is 0 Å². The number of esters is 1. The van der Waals surface area contributed by atoms with Gasteiger partial charge >= 0.3 is 5.97 Å². The minimum atomic E-state index is -0.105. The summed E-state index contributed by atoms with van der Waals surface area (Å²) in [6, 6.07) is 0. The molecule has 0 radical (unpaired) electrons. The fourth-order valence-corrected chi connectivity index (χ4v) is 1.58. The summed E-state index contributed by atoms with van der Waals surface area (Å²) in [6.45, 7) is 2.14. The van der Waals surface area contributed by atoms with Crippen molar-refractivity contribution in [2.45, 2.75) is 26.2 Å². The molecule has 66 valence electrons. The molecule has 0 aromatic heterocycles. The van der Waals surface area contributed by atoms with E-state index < -0.39 is 0 Å². The molecule has 0 N–H and O–H groups in total. The van der Waals surface area contributed by atoms with E-state index in [0.717, 1.165) is 18.2 Å². The van der Waals surface area contributed by atoms with Gasteiger partial charge in [-0.15, -0.1) is 0 Å². The number of ether oxygens (including phenoxy) is 1. The van der Waals surface area contributed by atoms with Gasteiger partial charge in [-0.25, -0.2) is 0 Å². The van der Waals surface area contributed by atoms with Crippen LogP contribution in [0.25, 0.3) is 0 Å². The Kier molecular flexibility index (Phi) is 6.62. The molecule has 2 nitrogen and oxygen atoms in total. The topological polar surface area (TPSA) is 26.3 Å². The van der Waals surface area contributed by atoms with E-state index in [-0.39, 0.29) is 5.97 Å². The molecular weight excluding hydrogens is 208 g/mol. The normalized spacial score (nSPS) is 12.6. The molecule has 0 rings (SSSR count). The van der Waals surface area contributed by atoms with Gasteiger partial charge in [-0.1, -0.05) is 22.9 Å². The Morgan fingerprint density at radius 3 is 2.64 bits per heavy atom. The molecular formula is C8H15BrO2. The summed E-state index contributed by atoms with van der Waals surface area (Å²) in [4.78, 5) is 10.7. The van der Waals surface area contributed by atoms with Crippen molar-refractivity contribution in [3.05, 3.63) is 0 Å². The van der Waals surface area contributed by atoms with Gasteiger partial charge in [-0.05, 0) is 18.8 Å². The Morgan fingerprint density at radius 1 is 1.55 bits per heavy atom. The monoisotopic (exact) mass is 222 g/mol. The fourth-order valence-electron chi connectivity index (χ4n) is 0.797. The van der Waals surface area contributed by atoms with Crippen molar-refractivity contribution in [3.8, 4) is 0 Å². The number of hydrogen-bond acceptors (Lipinski definition) is 2. The molecule has 0 spiro atoms. The molecule has 0 saturated carbocycles. The summed E-state index contributed by atoms with van der Waals surface area (Å²) in [5, 5.41) is 1.01. The van der Waals surface area contributed by atoms with E-state index in [9.17, 15) is 4.79 Å². The second-order valence-electron chi connectivity index (χ2n) is 2.70. The van der Waals surface area contributed by atoms with E-state index >= 15 is 0 Å². The van der Waals surface area contributed by atoms with Gasteiger partial charge in [0.1, 0.15) is 0 Å². The average molecular weight is 223 g/mol. The molecule has 0 aromatic rings. The fraction of sp³-hybridized carbons (Fsp3) is 0.875. The van der Waals surface area contributed by atoms with Crippen molar-refractivity contribution in [1.82, 2.24) is 0 Å². The summed E-state index contributed by atoms with van der Waals surface area (Å²) < 4.78 is 4.53. The van der Waals surface area contributed by atoms with Gasteiger partial charge in [0, 0.05) is 11.8 Å². The highest BCUT2D eigenvalue weighted by Gasteiger charge is 2.05. The largest absolute Gasteiger partial charge is 0.469 e. The van der Waals surface area contributed by atoms with Gasteiger partial charge in [0.05, 0.1) is 7.11 Å². The maximum absolute atomic E-state index is 10.7. The summed E-state index contributed by atoms with van der Waals surface area (Å²) in [6.07, 6.45) is 2.60. The van der Waals surface area contributed by atoms with Gasteiger partial charge in [0.2, 0.25) is 0 Å². The van der Waals surface area contributed by atoms with Crippen LogP contribution in [0, 0.1) is 5.92 Å². The zero-order valence-electron chi connectivity index (χ0n) is 7.10. The number of methoxy groups -OCH3 is 1. The SMILES string of the molecule is COC(=O)CC[C@H](C)CCBr. The molecule has 0 amide bonds. The maximum Gasteiger partial charge on any atom is 0.305 e. The summed E-state index contributed by atoms with van der Waals surface area (Å²) >= 11 is 3.36. The van der Waals surface area contributed by atoms with Crippen molar-refractivity contribution in [2.24, 2.45) is 5.92 Å². The van der Waals surface area contributed by atoms with Gasteiger partial charge in [0.25, 0.3) is 0 Å². The standard InChI is InChI=1S/C8H15BrO2/c1-7(5-6-9)3-4-8(10)11-2/h7H,3-6H2,1-2H3/t7-/m0/s1. The third-order valence-corrected chi connectivity index (χ3v) is 2.13. The quantitative estimate of drug-likeness (QED) is 0.528. The van der Waals surface area contributed by atoms with Crippen molar-refractivity contribution >= 4 is 21.9 Å². The van der Waals surface area contributed by atoms with E-state index in [4.69, 9.17) is 0 Å². The predicted molar refractivity (Wildman–Crippen MR) is 48.8 cm³/mol. The molecule has 11 heavy (non-hydrogen) atoms. The van der Waals surface area contributed by atoms with Crippen LogP contribution >= 0.6 is 15.9 Å². The van der Waals surface area contributed by atoms with Crippen LogP contribution in [0.15, 0.2) is 0 Å². The van der Waals surface area contributed by atoms with Crippen molar-refractivity contribution < 1.29 is 9.53 Å². The molecule has 0 aliphatic rings. The highest BCUT2D eigenvalue weighted by molar-refractivity contribution is 9.09. The Labute approximate surface area is 76.4 Å². The van der Waals surface area contributed by atoms with Crippen LogP contribution in [0.3, 0.4) is 0 Å². The first-order valence-corrected chi connectivity index (χ1v) is 4.95. The highest BCUT2D eigenvalue weighted by Crippen LogP contribution is 2.11. The molecule has 0 heterocycles. The minimum absolute atomic E-state index is 0.105. The molecule has 0 unspecified atom stereocenters. The predicted octanol–water partition coefficient (Wildman–Crippen LogP) is 2.36. The van der Waals surface area contributed by atoms with Crippen LogP contribution in [0.2, 0.25) is 0 Å². The molecule has 0 aliphatic heterocycles. The molecule has 1 atom stereocenters. The third-order valence-electron chi connectivity index (χ3n) is 1.67. The minimum Gasteiger partial charge on any atom is -0.469 e. The van der Waals surface area contributed by atoms with Crippen molar-refractivity contribution in [3.63, 3.8) is 0 Å². The van der Waals surface area contributed by atoms with Crippen LogP contribution in [-0.2, 0) is 9.53 Å². The lowest BCUT2D eigenvalue weighted by Gasteiger charge is -2.06. The Hall–Kier alpha value is -0.0500. The zero-order chi connectivity index (χ0) is 8.69. The number of rotatable bonds is 5. The number of carbonyl (C=O) groups is 1. The van der Waals surface area contributed by atoms with Gasteiger partial charge in [0.15, 0.2) is 0 Å². The van der Waals surface area contributed by atoms with Crippen LogP contribution in [0.5, 0.6) is 0 Å². The Morgan fingerprint density at radius 2 is 2.18 bits per heavy atom. The smallest absolute Gasteiger partial charge is 0.305 e. The number of halogens is 1.